The minimum absolute atomic E-state index is 0.131. The first-order valence-electron chi connectivity index (χ1n) is 10.6. The lowest BCUT2D eigenvalue weighted by atomic mass is 10.3. The number of para-hydroxylation sites is 4. The van der Waals surface area contributed by atoms with Crippen LogP contribution in [0.2, 0.25) is 0 Å². The Kier molecular flexibility index (Phi) is 7.10. The van der Waals surface area contributed by atoms with Crippen molar-refractivity contribution < 1.29 is 18.9 Å². The molecule has 0 spiro atoms. The Balaban J connectivity index is 1.67. The van der Waals surface area contributed by atoms with E-state index in [9.17, 15) is 0 Å². The number of hydrogen-bond acceptors (Lipinski definition) is 4. The molecule has 0 aromatic heterocycles. The number of ether oxygens (including phenoxy) is 4. The lowest BCUT2D eigenvalue weighted by Gasteiger charge is -2.35. The maximum absolute atomic E-state index is 6.42. The lowest BCUT2D eigenvalue weighted by molar-refractivity contribution is -0.261. The monoisotopic (exact) mass is 442 g/mol. The number of rotatable bonds is 10. The van der Waals surface area contributed by atoms with Crippen molar-refractivity contribution in [2.24, 2.45) is 0 Å². The Morgan fingerprint density at radius 2 is 0.812 bits per heavy atom. The molecule has 5 heteroatoms. The summed E-state index contributed by atoms with van der Waals surface area (Å²) in [6, 6.07) is 38.4. The van der Waals surface area contributed by atoms with Gasteiger partial charge in [0.15, 0.2) is 0 Å². The highest BCUT2D eigenvalue weighted by Gasteiger charge is 2.41. The quantitative estimate of drug-likeness (QED) is 0.255. The fourth-order valence-electron chi connectivity index (χ4n) is 3.32. The molecule has 0 aliphatic rings. The zero-order valence-electron chi connectivity index (χ0n) is 18.0. The van der Waals surface area contributed by atoms with E-state index in [1.54, 1.807) is 0 Å². The number of hydrogen-bond donors (Lipinski definition) is 0. The second-order valence-electron chi connectivity index (χ2n) is 7.37. The molecule has 0 radical (unpaired) electrons. The second-order valence-corrected chi connectivity index (χ2v) is 8.66. The molecule has 0 heterocycles. The molecular weight excluding hydrogens is 416 g/mol. The van der Waals surface area contributed by atoms with E-state index in [0.29, 0.717) is 23.7 Å². The minimum Gasteiger partial charge on any atom is -0.495 e. The van der Waals surface area contributed by atoms with Crippen molar-refractivity contribution in [1.82, 2.24) is 0 Å². The Morgan fingerprint density at radius 1 is 0.500 bits per heavy atom. The van der Waals surface area contributed by atoms with Crippen LogP contribution in [0.1, 0.15) is 6.42 Å². The summed E-state index contributed by atoms with van der Waals surface area (Å²) in [6.45, 7) is 0. The molecule has 0 aliphatic heterocycles. The Hall–Kier alpha value is -3.70. The molecule has 162 valence electrons. The van der Waals surface area contributed by atoms with Gasteiger partial charge in [-0.25, -0.2) is 0 Å². The van der Waals surface area contributed by atoms with Crippen LogP contribution in [0.5, 0.6) is 23.0 Å². The van der Waals surface area contributed by atoms with Crippen LogP contribution in [0.4, 0.5) is 0 Å². The molecule has 0 saturated carbocycles. The maximum atomic E-state index is 6.42. The van der Waals surface area contributed by atoms with Crippen molar-refractivity contribution in [3.8, 4) is 23.0 Å². The van der Waals surface area contributed by atoms with E-state index in [2.05, 4.69) is 0 Å². The van der Waals surface area contributed by atoms with Gasteiger partial charge in [0.2, 0.25) is 0 Å². The summed E-state index contributed by atoms with van der Waals surface area (Å²) < 4.78 is 25.5. The number of benzene rings is 4. The summed E-state index contributed by atoms with van der Waals surface area (Å²) in [5.41, 5.74) is -0.131. The summed E-state index contributed by atoms with van der Waals surface area (Å²) in [5, 5.41) is 0. The molecular formula is C27H26O4Si. The molecule has 4 aromatic carbocycles. The zero-order chi connectivity index (χ0) is 22.1. The van der Waals surface area contributed by atoms with Crippen LogP contribution in [0, 0.1) is 0 Å². The summed E-state index contributed by atoms with van der Waals surface area (Å²) in [5.74, 6) is 1.32. The summed E-state index contributed by atoms with van der Waals surface area (Å²) in [6.07, 6.45) is 0.368. The van der Waals surface area contributed by atoms with Crippen LogP contribution >= 0.6 is 0 Å². The molecule has 0 saturated heterocycles. The molecule has 1 atom stereocenters. The summed E-state index contributed by atoms with van der Waals surface area (Å²) in [4.78, 5) is 0. The van der Waals surface area contributed by atoms with Crippen LogP contribution < -0.4 is 18.9 Å². The van der Waals surface area contributed by atoms with Gasteiger partial charge in [-0.15, -0.1) is 0 Å². The van der Waals surface area contributed by atoms with Crippen molar-refractivity contribution >= 4 is 10.2 Å². The normalized spacial score (nSPS) is 12.0. The van der Waals surface area contributed by atoms with Gasteiger partial charge in [-0.3, -0.25) is 0 Å². The molecule has 0 amide bonds. The molecule has 4 nitrogen and oxygen atoms in total. The largest absolute Gasteiger partial charge is 0.495 e. The van der Waals surface area contributed by atoms with Crippen molar-refractivity contribution in [3.05, 3.63) is 121 Å². The smallest absolute Gasteiger partial charge is 0.420 e. The molecule has 0 fully saturated rings. The van der Waals surface area contributed by atoms with Crippen molar-refractivity contribution in [3.63, 3.8) is 0 Å². The average molecular weight is 443 g/mol. The first-order valence-corrected chi connectivity index (χ1v) is 11.8. The summed E-state index contributed by atoms with van der Waals surface area (Å²) in [7, 11) is 0.743. The zero-order valence-corrected chi connectivity index (χ0v) is 20.0. The lowest BCUT2D eigenvalue weighted by Crippen LogP contribution is -2.51. The van der Waals surface area contributed by atoms with E-state index >= 15 is 0 Å². The summed E-state index contributed by atoms with van der Waals surface area (Å²) >= 11 is 0. The molecule has 0 aliphatic carbocycles. The SMILES string of the molecule is [SiH3]C(CC(Oc1ccccc1)(Oc1ccccc1)Oc1ccccc1)Oc1ccccc1. The predicted octanol–water partition coefficient (Wildman–Crippen LogP) is 5.04. The highest BCUT2D eigenvalue weighted by Crippen LogP contribution is 2.30. The van der Waals surface area contributed by atoms with Gasteiger partial charge in [0.1, 0.15) is 29.4 Å². The third-order valence-corrected chi connectivity index (χ3v) is 5.31. The van der Waals surface area contributed by atoms with E-state index in [0.717, 1.165) is 16.0 Å². The van der Waals surface area contributed by atoms with Gasteiger partial charge in [0.05, 0.1) is 16.0 Å². The Morgan fingerprint density at radius 3 is 1.16 bits per heavy atom. The molecule has 32 heavy (non-hydrogen) atoms. The van der Waals surface area contributed by atoms with Crippen molar-refractivity contribution in [1.29, 1.82) is 0 Å². The Labute approximate surface area is 191 Å². The Bertz CT molecular complexity index is 958. The van der Waals surface area contributed by atoms with Gasteiger partial charge in [-0.05, 0) is 48.5 Å². The fraction of sp³-hybridized carbons (Fsp3) is 0.111. The van der Waals surface area contributed by atoms with E-state index in [4.69, 9.17) is 18.9 Å². The van der Waals surface area contributed by atoms with Gasteiger partial charge >= 0.3 is 5.97 Å². The molecule has 4 aromatic rings. The third-order valence-electron chi connectivity index (χ3n) is 4.67. The highest BCUT2D eigenvalue weighted by molar-refractivity contribution is 6.11. The topological polar surface area (TPSA) is 36.9 Å². The van der Waals surface area contributed by atoms with Gasteiger partial charge in [0, 0.05) is 0 Å². The minimum atomic E-state index is -1.43. The molecule has 0 N–H and O–H groups in total. The fourth-order valence-corrected chi connectivity index (χ4v) is 4.09. The van der Waals surface area contributed by atoms with Crippen LogP contribution in [-0.4, -0.2) is 21.9 Å². The maximum Gasteiger partial charge on any atom is 0.420 e. The van der Waals surface area contributed by atoms with E-state index in [1.165, 1.54) is 0 Å². The highest BCUT2D eigenvalue weighted by atomic mass is 28.1. The third kappa shape index (κ3) is 6.15. The van der Waals surface area contributed by atoms with Crippen LogP contribution in [0.3, 0.4) is 0 Å². The second kappa shape index (κ2) is 10.6. The van der Waals surface area contributed by atoms with E-state index in [-0.39, 0.29) is 5.73 Å². The van der Waals surface area contributed by atoms with Crippen LogP contribution in [0.25, 0.3) is 0 Å². The average Bonchev–Trinajstić information content (AvgIpc) is 2.81. The van der Waals surface area contributed by atoms with E-state index < -0.39 is 5.97 Å². The van der Waals surface area contributed by atoms with Gasteiger partial charge < -0.3 is 18.9 Å². The van der Waals surface area contributed by atoms with Crippen molar-refractivity contribution in [2.75, 3.05) is 0 Å². The van der Waals surface area contributed by atoms with Crippen molar-refractivity contribution in [2.45, 2.75) is 18.1 Å². The standard InChI is InChI=1S/C27H26O4Si/c32-26(28-22-13-5-1-6-14-22)21-27(29-23-15-7-2-8-16-23,30-24-17-9-3-10-18-24)31-25-19-11-4-12-20-25/h1-20,26H,21H2,32H3. The van der Waals surface area contributed by atoms with Crippen LogP contribution in [-0.2, 0) is 0 Å². The molecule has 4 rings (SSSR count). The molecule has 0 bridgehead atoms. The first kappa shape index (κ1) is 21.5. The predicted molar refractivity (Wildman–Crippen MR) is 129 cm³/mol. The van der Waals surface area contributed by atoms with Gasteiger partial charge in [-0.2, -0.15) is 0 Å². The first-order chi connectivity index (χ1) is 15.7. The van der Waals surface area contributed by atoms with Gasteiger partial charge in [0.25, 0.3) is 0 Å². The molecule has 1 unspecified atom stereocenters. The van der Waals surface area contributed by atoms with Gasteiger partial charge in [-0.1, -0.05) is 72.8 Å². The van der Waals surface area contributed by atoms with E-state index in [1.807, 2.05) is 121 Å². The van der Waals surface area contributed by atoms with Crippen LogP contribution in [0.15, 0.2) is 121 Å².